The number of ketones is 1. The first kappa shape index (κ1) is 30.6. The Bertz CT molecular complexity index is 1610. The summed E-state index contributed by atoms with van der Waals surface area (Å²) in [5, 5.41) is 23.8. The molecule has 4 aromatic rings. The van der Waals surface area contributed by atoms with Gasteiger partial charge in [0.25, 0.3) is 5.78 Å². The van der Waals surface area contributed by atoms with E-state index in [4.69, 9.17) is 10.00 Å². The Morgan fingerprint density at radius 3 is 2.42 bits per heavy atom. The number of ether oxygens (including phenoxy) is 1. The van der Waals surface area contributed by atoms with Crippen molar-refractivity contribution in [1.82, 2.24) is 25.1 Å². The monoisotopic (exact) mass is 579 g/mol. The van der Waals surface area contributed by atoms with Gasteiger partial charge in [0.2, 0.25) is 0 Å². The zero-order valence-corrected chi connectivity index (χ0v) is 24.2. The maximum Gasteiger partial charge on any atom is 0.379 e. The number of para-hydroxylation sites is 1. The number of carbonyl (C=O) groups is 3. The van der Waals surface area contributed by atoms with E-state index in [1.807, 2.05) is 55.5 Å². The van der Waals surface area contributed by atoms with Crippen LogP contribution >= 0.6 is 0 Å². The first-order valence-corrected chi connectivity index (χ1v) is 14.1. The zero-order valence-electron chi connectivity index (χ0n) is 24.2. The van der Waals surface area contributed by atoms with Crippen molar-refractivity contribution in [2.24, 2.45) is 0 Å². The molecule has 4 rings (SSSR count). The molecule has 43 heavy (non-hydrogen) atoms. The van der Waals surface area contributed by atoms with Gasteiger partial charge >= 0.3 is 12.0 Å². The summed E-state index contributed by atoms with van der Waals surface area (Å²) in [6.07, 6.45) is 1.98. The lowest BCUT2D eigenvalue weighted by Gasteiger charge is -2.24. The average Bonchev–Trinajstić information content (AvgIpc) is 3.50. The van der Waals surface area contributed by atoms with E-state index in [1.165, 1.54) is 6.07 Å². The Labute approximate surface area is 250 Å². The molecule has 0 saturated carbocycles. The molecule has 0 spiro atoms. The summed E-state index contributed by atoms with van der Waals surface area (Å²) in [5.74, 6) is -1.20. The van der Waals surface area contributed by atoms with Crippen molar-refractivity contribution in [1.29, 1.82) is 5.26 Å². The number of amides is 2. The third-order valence-electron chi connectivity index (χ3n) is 6.72. The highest BCUT2D eigenvalue weighted by Crippen LogP contribution is 2.31. The van der Waals surface area contributed by atoms with E-state index in [0.29, 0.717) is 31.9 Å². The maximum atomic E-state index is 13.4. The summed E-state index contributed by atoms with van der Waals surface area (Å²) >= 11 is 0. The number of esters is 1. The number of unbranched alkanes of at least 4 members (excludes halogenated alkanes) is 1. The van der Waals surface area contributed by atoms with Crippen molar-refractivity contribution in [2.75, 3.05) is 18.5 Å². The van der Waals surface area contributed by atoms with Crippen LogP contribution in [0, 0.1) is 11.3 Å². The number of hydrogen-bond donors (Lipinski definition) is 1. The maximum absolute atomic E-state index is 13.4. The minimum absolute atomic E-state index is 0.0754. The Hall–Kier alpha value is -5.37. The summed E-state index contributed by atoms with van der Waals surface area (Å²) in [6.45, 7) is 4.99. The summed E-state index contributed by atoms with van der Waals surface area (Å²) in [4.78, 5) is 39.8. The highest BCUT2D eigenvalue weighted by atomic mass is 16.5. The van der Waals surface area contributed by atoms with Crippen LogP contribution in [0.3, 0.4) is 0 Å². The number of nitrogens with one attached hydrogen (secondary N) is 1. The molecule has 0 radical (unpaired) electrons. The van der Waals surface area contributed by atoms with Gasteiger partial charge in [0.05, 0.1) is 36.9 Å². The third kappa shape index (κ3) is 7.68. The quantitative estimate of drug-likeness (QED) is 0.124. The van der Waals surface area contributed by atoms with Crippen LogP contribution in [-0.2, 0) is 22.6 Å². The number of rotatable bonds is 13. The fourth-order valence-electron chi connectivity index (χ4n) is 4.54. The van der Waals surface area contributed by atoms with Crippen LogP contribution in [-0.4, -0.2) is 56.0 Å². The van der Waals surface area contributed by atoms with Crippen molar-refractivity contribution in [3.05, 3.63) is 83.9 Å². The van der Waals surface area contributed by atoms with E-state index in [-0.39, 0.29) is 23.9 Å². The number of hydrogen-bond acceptors (Lipinski definition) is 8. The second kappa shape index (κ2) is 15.0. The summed E-state index contributed by atoms with van der Waals surface area (Å²) in [5.41, 5.74) is 3.97. The topological polar surface area (TPSA) is 143 Å². The number of nitrogens with zero attached hydrogens (tertiary/aromatic N) is 6. The van der Waals surface area contributed by atoms with E-state index >= 15 is 0 Å². The van der Waals surface area contributed by atoms with Crippen molar-refractivity contribution in [2.45, 2.75) is 46.2 Å². The van der Waals surface area contributed by atoms with Crippen LogP contribution in [0.2, 0.25) is 0 Å². The van der Waals surface area contributed by atoms with Crippen molar-refractivity contribution >= 4 is 23.5 Å². The normalized spacial score (nSPS) is 10.5. The van der Waals surface area contributed by atoms with E-state index in [1.54, 1.807) is 34.7 Å². The van der Waals surface area contributed by atoms with Gasteiger partial charge in [-0.25, -0.2) is 14.3 Å². The number of aryl methyl sites for hydroxylation is 1. The molecule has 0 aliphatic rings. The lowest BCUT2D eigenvalue weighted by molar-refractivity contribution is -0.137. The number of anilines is 1. The van der Waals surface area contributed by atoms with Gasteiger partial charge in [-0.1, -0.05) is 74.0 Å². The van der Waals surface area contributed by atoms with Gasteiger partial charge in [0.15, 0.2) is 5.82 Å². The molecule has 2 amide bonds. The number of Topliss-reactive ketones (excluding diaryl/α,β-unsaturated/α-hetero) is 1. The highest BCUT2D eigenvalue weighted by molar-refractivity contribution is 6.42. The second-order valence-electron chi connectivity index (χ2n) is 9.68. The second-order valence-corrected chi connectivity index (χ2v) is 9.68. The van der Waals surface area contributed by atoms with Crippen molar-refractivity contribution in [3.63, 3.8) is 0 Å². The minimum atomic E-state index is -0.965. The Morgan fingerprint density at radius 1 is 0.977 bits per heavy atom. The summed E-state index contributed by atoms with van der Waals surface area (Å²) in [6, 6.07) is 23.8. The van der Waals surface area contributed by atoms with E-state index in [0.717, 1.165) is 35.1 Å². The molecule has 1 N–H and O–H groups in total. The summed E-state index contributed by atoms with van der Waals surface area (Å²) < 4.78 is 6.48. The molecule has 0 fully saturated rings. The number of carbonyl (C=O) groups excluding carboxylic acids is 3. The SMILES string of the molecule is CCCCN(Cc1ccc(-c2ccccc2-c2nnnn2CCC#N)cc1)C(=O)Nc1ccccc1C(=O)C(=O)OCC. The highest BCUT2D eigenvalue weighted by Gasteiger charge is 2.23. The number of benzene rings is 3. The smallest absolute Gasteiger partial charge is 0.379 e. The van der Waals surface area contributed by atoms with Crippen molar-refractivity contribution in [3.8, 4) is 28.6 Å². The van der Waals surface area contributed by atoms with Gasteiger partial charge in [-0.05, 0) is 52.6 Å². The molecule has 0 unspecified atom stereocenters. The molecule has 0 aliphatic carbocycles. The van der Waals surface area contributed by atoms with Crippen molar-refractivity contribution < 1.29 is 19.1 Å². The van der Waals surface area contributed by atoms with Crippen LogP contribution in [0.4, 0.5) is 10.5 Å². The van der Waals surface area contributed by atoms with Crippen LogP contribution in [0.25, 0.3) is 22.5 Å². The van der Waals surface area contributed by atoms with Gasteiger partial charge in [-0.3, -0.25) is 4.79 Å². The first-order chi connectivity index (χ1) is 21.0. The molecule has 3 aromatic carbocycles. The predicted octanol–water partition coefficient (Wildman–Crippen LogP) is 5.50. The predicted molar refractivity (Wildman–Crippen MR) is 161 cm³/mol. The van der Waals surface area contributed by atoms with Crippen LogP contribution < -0.4 is 5.32 Å². The molecular weight excluding hydrogens is 546 g/mol. The van der Waals surface area contributed by atoms with E-state index in [9.17, 15) is 14.4 Å². The molecule has 11 heteroatoms. The first-order valence-electron chi connectivity index (χ1n) is 14.1. The van der Waals surface area contributed by atoms with Gasteiger partial charge < -0.3 is 15.0 Å². The fourth-order valence-corrected chi connectivity index (χ4v) is 4.54. The third-order valence-corrected chi connectivity index (χ3v) is 6.72. The number of urea groups is 1. The lowest BCUT2D eigenvalue weighted by Crippen LogP contribution is -2.35. The van der Waals surface area contributed by atoms with E-state index in [2.05, 4.69) is 26.9 Å². The minimum Gasteiger partial charge on any atom is -0.460 e. The number of tetrazole rings is 1. The van der Waals surface area contributed by atoms with Crippen LogP contribution in [0.15, 0.2) is 72.8 Å². The molecular formula is C32H33N7O4. The van der Waals surface area contributed by atoms with Gasteiger partial charge in [-0.15, -0.1) is 5.10 Å². The molecule has 220 valence electrons. The standard InChI is InChI=1S/C32H33N7O4/c1-3-5-20-38(32(42)34-28-14-9-8-13-27(28)29(40)31(41)43-4-2)22-23-15-17-24(18-16-23)25-11-6-7-12-26(25)30-35-36-37-39(30)21-10-19-33/h6-9,11-18H,3-5,10,20-22H2,1-2H3,(H,34,42). The number of nitriles is 1. The molecule has 0 atom stereocenters. The molecule has 1 heterocycles. The molecule has 11 nitrogen and oxygen atoms in total. The summed E-state index contributed by atoms with van der Waals surface area (Å²) in [7, 11) is 0. The van der Waals surface area contributed by atoms with E-state index < -0.39 is 11.8 Å². The number of aromatic nitrogens is 4. The Balaban J connectivity index is 1.53. The fraction of sp³-hybridized carbons (Fsp3) is 0.281. The van der Waals surface area contributed by atoms with Gasteiger partial charge in [0.1, 0.15) is 0 Å². The Kier molecular flexibility index (Phi) is 10.7. The van der Waals surface area contributed by atoms with Crippen LogP contribution in [0.1, 0.15) is 49.0 Å². The molecule has 1 aromatic heterocycles. The van der Waals surface area contributed by atoms with Crippen LogP contribution in [0.5, 0.6) is 0 Å². The molecule has 0 aliphatic heterocycles. The lowest BCUT2D eigenvalue weighted by atomic mass is 9.98. The van der Waals surface area contributed by atoms with Gasteiger partial charge in [-0.2, -0.15) is 5.26 Å². The average molecular weight is 580 g/mol. The largest absolute Gasteiger partial charge is 0.460 e. The zero-order chi connectivity index (χ0) is 30.6. The molecule has 0 bridgehead atoms. The molecule has 0 saturated heterocycles. The van der Waals surface area contributed by atoms with Gasteiger partial charge in [0, 0.05) is 18.7 Å². The Morgan fingerprint density at radius 2 is 1.70 bits per heavy atom.